The van der Waals surface area contributed by atoms with Crippen molar-refractivity contribution in [2.24, 2.45) is 0 Å². The van der Waals surface area contributed by atoms with Gasteiger partial charge in [0.05, 0.1) is 4.92 Å². The van der Waals surface area contributed by atoms with E-state index in [1.165, 1.54) is 17.0 Å². The summed E-state index contributed by atoms with van der Waals surface area (Å²) in [6, 6.07) is 11.1. The second-order valence-corrected chi connectivity index (χ2v) is 5.89. The van der Waals surface area contributed by atoms with Crippen molar-refractivity contribution in [3.05, 3.63) is 63.0 Å². The van der Waals surface area contributed by atoms with Crippen molar-refractivity contribution in [1.29, 1.82) is 0 Å². The number of hydrogen-bond acceptors (Lipinski definition) is 6. The average molecular weight is 334 g/mol. The van der Waals surface area contributed by atoms with Crippen LogP contribution in [0.15, 0.2) is 42.5 Å². The SMILES string of the molecule is CN(C)C(=O)[C@@H](OC(=O)c1ccc([N+](=O)[O-])s1)c1ccccc1. The molecule has 1 atom stereocenters. The van der Waals surface area contributed by atoms with Crippen LogP contribution in [0, 0.1) is 10.1 Å². The van der Waals surface area contributed by atoms with Gasteiger partial charge >= 0.3 is 11.0 Å². The Labute approximate surface area is 136 Å². The van der Waals surface area contributed by atoms with Crippen LogP contribution in [0.5, 0.6) is 0 Å². The minimum absolute atomic E-state index is 0.0733. The molecular formula is C15H14N2O5S. The van der Waals surface area contributed by atoms with Crippen LogP contribution in [-0.2, 0) is 9.53 Å². The van der Waals surface area contributed by atoms with E-state index in [1.807, 2.05) is 0 Å². The highest BCUT2D eigenvalue weighted by Gasteiger charge is 2.28. The van der Waals surface area contributed by atoms with Crippen LogP contribution in [0.1, 0.15) is 21.3 Å². The summed E-state index contributed by atoms with van der Waals surface area (Å²) >= 11 is 0.708. The molecule has 1 amide bonds. The number of thiophene rings is 1. The summed E-state index contributed by atoms with van der Waals surface area (Å²) in [4.78, 5) is 35.9. The molecule has 0 saturated carbocycles. The molecule has 2 rings (SSSR count). The van der Waals surface area contributed by atoms with Gasteiger partial charge in [0, 0.05) is 25.7 Å². The zero-order chi connectivity index (χ0) is 17.0. The number of ether oxygens (including phenoxy) is 1. The Kier molecular flexibility index (Phi) is 5.07. The smallest absolute Gasteiger partial charge is 0.349 e. The molecule has 0 bridgehead atoms. The predicted molar refractivity (Wildman–Crippen MR) is 84.3 cm³/mol. The molecule has 0 aliphatic rings. The van der Waals surface area contributed by atoms with Crippen molar-refractivity contribution in [3.8, 4) is 0 Å². The summed E-state index contributed by atoms with van der Waals surface area (Å²) in [6.07, 6.45) is -1.10. The van der Waals surface area contributed by atoms with Crippen LogP contribution in [0.4, 0.5) is 5.00 Å². The molecule has 1 aromatic heterocycles. The Balaban J connectivity index is 2.25. The average Bonchev–Trinajstić information content (AvgIpc) is 3.03. The quantitative estimate of drug-likeness (QED) is 0.476. The van der Waals surface area contributed by atoms with E-state index in [0.717, 1.165) is 0 Å². The minimum atomic E-state index is -1.10. The Morgan fingerprint density at radius 2 is 1.83 bits per heavy atom. The fourth-order valence-electron chi connectivity index (χ4n) is 1.82. The highest BCUT2D eigenvalue weighted by molar-refractivity contribution is 7.17. The highest BCUT2D eigenvalue weighted by Crippen LogP contribution is 2.27. The monoisotopic (exact) mass is 334 g/mol. The van der Waals surface area contributed by atoms with E-state index in [-0.39, 0.29) is 9.88 Å². The third-order valence-corrected chi connectivity index (χ3v) is 3.98. The molecule has 0 spiro atoms. The van der Waals surface area contributed by atoms with Crippen LogP contribution in [0.25, 0.3) is 0 Å². The summed E-state index contributed by atoms with van der Waals surface area (Å²) in [5, 5.41) is 10.5. The molecule has 0 N–H and O–H groups in total. The van der Waals surface area contributed by atoms with E-state index in [4.69, 9.17) is 4.74 Å². The molecule has 23 heavy (non-hydrogen) atoms. The molecule has 8 heteroatoms. The van der Waals surface area contributed by atoms with Gasteiger partial charge in [-0.2, -0.15) is 0 Å². The summed E-state index contributed by atoms with van der Waals surface area (Å²) < 4.78 is 5.30. The normalized spacial score (nSPS) is 11.6. The van der Waals surface area contributed by atoms with Crippen molar-refractivity contribution in [1.82, 2.24) is 4.90 Å². The molecule has 0 unspecified atom stereocenters. The topological polar surface area (TPSA) is 89.8 Å². The van der Waals surface area contributed by atoms with Crippen LogP contribution < -0.4 is 0 Å². The maximum absolute atomic E-state index is 12.3. The highest BCUT2D eigenvalue weighted by atomic mass is 32.1. The number of hydrogen-bond donors (Lipinski definition) is 0. The van der Waals surface area contributed by atoms with E-state index in [9.17, 15) is 19.7 Å². The third-order valence-electron chi connectivity index (χ3n) is 2.97. The third kappa shape index (κ3) is 3.92. The number of carbonyl (C=O) groups excluding carboxylic acids is 2. The number of benzene rings is 1. The van der Waals surface area contributed by atoms with E-state index in [2.05, 4.69) is 0 Å². The van der Waals surface area contributed by atoms with Gasteiger partial charge in [0.2, 0.25) is 6.10 Å². The summed E-state index contributed by atoms with van der Waals surface area (Å²) in [7, 11) is 3.12. The largest absolute Gasteiger partial charge is 0.443 e. The lowest BCUT2D eigenvalue weighted by molar-refractivity contribution is -0.380. The Morgan fingerprint density at radius 3 is 2.35 bits per heavy atom. The second-order valence-electron chi connectivity index (χ2n) is 4.82. The van der Waals surface area contributed by atoms with Gasteiger partial charge in [-0.05, 0) is 6.07 Å². The minimum Gasteiger partial charge on any atom is -0.443 e. The molecule has 0 aliphatic heterocycles. The summed E-state index contributed by atoms with van der Waals surface area (Å²) in [5.41, 5.74) is 0.533. The van der Waals surface area contributed by atoms with E-state index in [1.54, 1.807) is 44.4 Å². The fourth-order valence-corrected chi connectivity index (χ4v) is 2.53. The van der Waals surface area contributed by atoms with Crippen LogP contribution in [0.3, 0.4) is 0 Å². The van der Waals surface area contributed by atoms with Crippen molar-refractivity contribution < 1.29 is 19.2 Å². The van der Waals surface area contributed by atoms with Crippen molar-refractivity contribution in [2.75, 3.05) is 14.1 Å². The van der Waals surface area contributed by atoms with E-state index < -0.39 is 22.9 Å². The van der Waals surface area contributed by atoms with Crippen LogP contribution in [-0.4, -0.2) is 35.8 Å². The van der Waals surface area contributed by atoms with E-state index in [0.29, 0.717) is 16.9 Å². The molecule has 0 aliphatic carbocycles. The van der Waals surface area contributed by atoms with Gasteiger partial charge in [0.25, 0.3) is 5.91 Å². The first-order valence-corrected chi connectivity index (χ1v) is 7.43. The lowest BCUT2D eigenvalue weighted by Gasteiger charge is -2.20. The first kappa shape index (κ1) is 16.6. The molecule has 7 nitrogen and oxygen atoms in total. The number of nitro groups is 1. The second kappa shape index (κ2) is 7.01. The molecule has 1 aromatic carbocycles. The van der Waals surface area contributed by atoms with Gasteiger partial charge < -0.3 is 9.64 Å². The summed E-state index contributed by atoms with van der Waals surface area (Å²) in [6.45, 7) is 0. The molecule has 0 fully saturated rings. The van der Waals surface area contributed by atoms with Crippen LogP contribution >= 0.6 is 11.3 Å². The maximum atomic E-state index is 12.3. The molecule has 0 saturated heterocycles. The van der Waals surface area contributed by atoms with Gasteiger partial charge in [-0.15, -0.1) is 0 Å². The van der Waals surface area contributed by atoms with E-state index >= 15 is 0 Å². The van der Waals surface area contributed by atoms with Gasteiger partial charge in [0.15, 0.2) is 0 Å². The molecule has 120 valence electrons. The Bertz CT molecular complexity index is 726. The number of esters is 1. The molecule has 1 heterocycles. The first-order valence-electron chi connectivity index (χ1n) is 6.61. The zero-order valence-electron chi connectivity index (χ0n) is 12.5. The predicted octanol–water partition coefficient (Wildman–Crippen LogP) is 2.64. The van der Waals surface area contributed by atoms with Gasteiger partial charge in [-0.1, -0.05) is 41.7 Å². The molecular weight excluding hydrogens is 320 g/mol. The van der Waals surface area contributed by atoms with Crippen molar-refractivity contribution in [2.45, 2.75) is 6.10 Å². The standard InChI is InChI=1S/C15H14N2O5S/c1-16(2)14(18)13(10-6-4-3-5-7-10)22-15(19)11-8-9-12(23-11)17(20)21/h3-9,13H,1-2H3/t13-/m0/s1. The van der Waals surface area contributed by atoms with Gasteiger partial charge in [-0.25, -0.2) is 4.79 Å². The number of rotatable bonds is 5. The number of carbonyl (C=O) groups is 2. The Morgan fingerprint density at radius 1 is 1.17 bits per heavy atom. The van der Waals surface area contributed by atoms with Crippen molar-refractivity contribution in [3.63, 3.8) is 0 Å². The number of nitrogens with zero attached hydrogens (tertiary/aromatic N) is 2. The van der Waals surface area contributed by atoms with Crippen LogP contribution in [0.2, 0.25) is 0 Å². The lowest BCUT2D eigenvalue weighted by Crippen LogP contribution is -2.31. The molecule has 2 aromatic rings. The number of likely N-dealkylation sites (N-methyl/N-ethyl adjacent to an activating group) is 1. The summed E-state index contributed by atoms with van der Waals surface area (Å²) in [5.74, 6) is -1.16. The van der Waals surface area contributed by atoms with Gasteiger partial charge in [-0.3, -0.25) is 14.9 Å². The first-order chi connectivity index (χ1) is 10.9. The Hall–Kier alpha value is -2.74. The fraction of sp³-hybridized carbons (Fsp3) is 0.200. The zero-order valence-corrected chi connectivity index (χ0v) is 13.3. The van der Waals surface area contributed by atoms with Gasteiger partial charge in [0.1, 0.15) is 4.88 Å². The lowest BCUT2D eigenvalue weighted by atomic mass is 10.1. The molecule has 0 radical (unpaired) electrons. The maximum Gasteiger partial charge on any atom is 0.349 e. The van der Waals surface area contributed by atoms with Crippen molar-refractivity contribution >= 4 is 28.2 Å². The number of amides is 1.